The van der Waals surface area contributed by atoms with E-state index in [-0.39, 0.29) is 5.56 Å². The molecule has 0 spiro atoms. The Bertz CT molecular complexity index is 713. The van der Waals surface area contributed by atoms with Gasteiger partial charge in [-0.2, -0.15) is 0 Å². The number of carboxylic acids is 1. The molecule has 0 radical (unpaired) electrons. The van der Waals surface area contributed by atoms with Crippen molar-refractivity contribution >= 4 is 23.3 Å². The van der Waals surface area contributed by atoms with Gasteiger partial charge < -0.3 is 14.7 Å². The van der Waals surface area contributed by atoms with Crippen molar-refractivity contribution in [2.75, 3.05) is 44.2 Å². The number of aromatic carboxylic acids is 1. The lowest BCUT2D eigenvalue weighted by Gasteiger charge is -2.36. The van der Waals surface area contributed by atoms with E-state index in [4.69, 9.17) is 21.4 Å². The van der Waals surface area contributed by atoms with Crippen molar-refractivity contribution in [2.45, 2.75) is 0 Å². The minimum Gasteiger partial charge on any atom is -0.492 e. The Morgan fingerprint density at radius 3 is 2.44 bits per heavy atom. The number of benzene rings is 2. The van der Waals surface area contributed by atoms with Crippen molar-refractivity contribution < 1.29 is 14.6 Å². The Labute approximate surface area is 152 Å². The molecule has 6 heteroatoms. The van der Waals surface area contributed by atoms with Gasteiger partial charge in [0.2, 0.25) is 0 Å². The summed E-state index contributed by atoms with van der Waals surface area (Å²) in [7, 11) is 0. The van der Waals surface area contributed by atoms with Gasteiger partial charge in [-0.15, -0.1) is 0 Å². The topological polar surface area (TPSA) is 53.0 Å². The second-order valence-electron chi connectivity index (χ2n) is 5.99. The molecule has 3 rings (SSSR count). The highest BCUT2D eigenvalue weighted by Gasteiger charge is 2.17. The number of rotatable bonds is 6. The minimum atomic E-state index is -0.927. The lowest BCUT2D eigenvalue weighted by atomic mass is 10.2. The number of carbonyl (C=O) groups is 1. The first-order valence-corrected chi connectivity index (χ1v) is 8.68. The van der Waals surface area contributed by atoms with E-state index in [1.54, 1.807) is 24.3 Å². The molecule has 1 aliphatic heterocycles. The Kier molecular flexibility index (Phi) is 5.79. The zero-order valence-electron chi connectivity index (χ0n) is 13.9. The fourth-order valence-electron chi connectivity index (χ4n) is 2.89. The van der Waals surface area contributed by atoms with E-state index in [0.717, 1.165) is 37.7 Å². The molecular formula is C19H21ClN2O3. The van der Waals surface area contributed by atoms with Crippen LogP contribution in [0.1, 0.15) is 10.4 Å². The first kappa shape index (κ1) is 17.6. The summed E-state index contributed by atoms with van der Waals surface area (Å²) in [4.78, 5) is 15.5. The third-order valence-electron chi connectivity index (χ3n) is 4.32. The molecule has 0 saturated carbocycles. The third kappa shape index (κ3) is 4.87. The molecule has 0 amide bonds. The molecule has 5 nitrogen and oxygen atoms in total. The number of hydrogen-bond acceptors (Lipinski definition) is 4. The van der Waals surface area contributed by atoms with Crippen LogP contribution in [-0.4, -0.2) is 55.3 Å². The van der Waals surface area contributed by atoms with E-state index in [9.17, 15) is 4.79 Å². The normalized spacial score (nSPS) is 15.2. The monoisotopic (exact) mass is 360 g/mol. The zero-order chi connectivity index (χ0) is 17.6. The summed E-state index contributed by atoms with van der Waals surface area (Å²) in [6.07, 6.45) is 0. The second-order valence-corrected chi connectivity index (χ2v) is 6.42. The average Bonchev–Trinajstić information content (AvgIpc) is 2.63. The number of carboxylic acid groups (broad SMARTS) is 1. The molecule has 0 aliphatic carbocycles. The van der Waals surface area contributed by atoms with E-state index < -0.39 is 5.97 Å². The van der Waals surface area contributed by atoms with Crippen molar-refractivity contribution in [3.8, 4) is 5.75 Å². The second kappa shape index (κ2) is 8.23. The van der Waals surface area contributed by atoms with Crippen LogP contribution in [0.2, 0.25) is 5.02 Å². The first-order valence-electron chi connectivity index (χ1n) is 8.31. The summed E-state index contributed by atoms with van der Waals surface area (Å²) < 4.78 is 5.71. The van der Waals surface area contributed by atoms with E-state index in [2.05, 4.69) is 15.9 Å². The largest absolute Gasteiger partial charge is 0.492 e. The number of hydrogen-bond donors (Lipinski definition) is 1. The molecule has 132 valence electrons. The van der Waals surface area contributed by atoms with Crippen LogP contribution >= 0.6 is 11.6 Å². The SMILES string of the molecule is O=C(O)c1ccc(OCCN2CCN(c3cccc(Cl)c3)CC2)cc1. The molecule has 2 aromatic rings. The Morgan fingerprint density at radius 2 is 1.80 bits per heavy atom. The quantitative estimate of drug-likeness (QED) is 0.857. The van der Waals surface area contributed by atoms with Crippen LogP contribution in [0.4, 0.5) is 5.69 Å². The molecule has 0 atom stereocenters. The number of halogens is 1. The highest BCUT2D eigenvalue weighted by Crippen LogP contribution is 2.20. The van der Waals surface area contributed by atoms with Gasteiger partial charge >= 0.3 is 5.97 Å². The Hall–Kier alpha value is -2.24. The maximum atomic E-state index is 10.8. The van der Waals surface area contributed by atoms with Crippen LogP contribution in [0.15, 0.2) is 48.5 Å². The standard InChI is InChI=1S/C19H21ClN2O3/c20-16-2-1-3-17(14-16)22-10-8-21(9-11-22)12-13-25-18-6-4-15(5-7-18)19(23)24/h1-7,14H,8-13H2,(H,23,24). The zero-order valence-corrected chi connectivity index (χ0v) is 14.7. The predicted molar refractivity (Wildman–Crippen MR) is 99.0 cm³/mol. The van der Waals surface area contributed by atoms with Gasteiger partial charge in [-0.25, -0.2) is 4.79 Å². The summed E-state index contributed by atoms with van der Waals surface area (Å²) in [5.74, 6) is -0.230. The van der Waals surface area contributed by atoms with Gasteiger partial charge in [0.05, 0.1) is 5.56 Å². The molecule has 25 heavy (non-hydrogen) atoms. The van der Waals surface area contributed by atoms with Gasteiger partial charge in [0.15, 0.2) is 0 Å². The number of nitrogens with zero attached hydrogens (tertiary/aromatic N) is 2. The Morgan fingerprint density at radius 1 is 1.08 bits per heavy atom. The molecular weight excluding hydrogens is 340 g/mol. The maximum absolute atomic E-state index is 10.8. The van der Waals surface area contributed by atoms with Gasteiger partial charge in [-0.1, -0.05) is 17.7 Å². The van der Waals surface area contributed by atoms with Gasteiger partial charge in [-0.3, -0.25) is 4.90 Å². The van der Waals surface area contributed by atoms with Crippen molar-refractivity contribution in [3.05, 3.63) is 59.1 Å². The summed E-state index contributed by atoms with van der Waals surface area (Å²) in [5.41, 5.74) is 1.44. The summed E-state index contributed by atoms with van der Waals surface area (Å²) in [6.45, 7) is 5.33. The van der Waals surface area contributed by atoms with Crippen LogP contribution in [-0.2, 0) is 0 Å². The van der Waals surface area contributed by atoms with Gasteiger partial charge in [0.25, 0.3) is 0 Å². The van der Waals surface area contributed by atoms with Crippen molar-refractivity contribution in [3.63, 3.8) is 0 Å². The van der Waals surface area contributed by atoms with Crippen LogP contribution in [0.25, 0.3) is 0 Å². The van der Waals surface area contributed by atoms with Gasteiger partial charge in [0, 0.05) is 43.4 Å². The summed E-state index contributed by atoms with van der Waals surface area (Å²) >= 11 is 6.06. The lowest BCUT2D eigenvalue weighted by molar-refractivity contribution is 0.0697. The Balaban J connectivity index is 1.41. The molecule has 1 saturated heterocycles. The smallest absolute Gasteiger partial charge is 0.335 e. The van der Waals surface area contributed by atoms with Crippen molar-refractivity contribution in [1.29, 1.82) is 0 Å². The van der Waals surface area contributed by atoms with E-state index >= 15 is 0 Å². The van der Waals surface area contributed by atoms with Crippen LogP contribution in [0.3, 0.4) is 0 Å². The summed E-state index contributed by atoms with van der Waals surface area (Å²) in [5, 5.41) is 9.65. The van der Waals surface area contributed by atoms with E-state index in [0.29, 0.717) is 12.4 Å². The molecule has 0 unspecified atom stereocenters. The molecule has 1 heterocycles. The first-order chi connectivity index (χ1) is 12.1. The minimum absolute atomic E-state index is 0.268. The number of ether oxygens (including phenoxy) is 1. The fourth-order valence-corrected chi connectivity index (χ4v) is 3.07. The number of anilines is 1. The highest BCUT2D eigenvalue weighted by molar-refractivity contribution is 6.30. The molecule has 1 fully saturated rings. The van der Waals surface area contributed by atoms with Crippen LogP contribution in [0.5, 0.6) is 5.75 Å². The molecule has 0 bridgehead atoms. The van der Waals surface area contributed by atoms with Crippen molar-refractivity contribution in [1.82, 2.24) is 4.90 Å². The molecule has 0 aromatic heterocycles. The van der Waals surface area contributed by atoms with Crippen LogP contribution < -0.4 is 9.64 Å². The van der Waals surface area contributed by atoms with Gasteiger partial charge in [-0.05, 0) is 42.5 Å². The average molecular weight is 361 g/mol. The lowest BCUT2D eigenvalue weighted by Crippen LogP contribution is -2.47. The third-order valence-corrected chi connectivity index (χ3v) is 4.56. The predicted octanol–water partition coefficient (Wildman–Crippen LogP) is 3.24. The van der Waals surface area contributed by atoms with E-state index in [1.807, 2.05) is 18.2 Å². The van der Waals surface area contributed by atoms with E-state index in [1.165, 1.54) is 5.69 Å². The van der Waals surface area contributed by atoms with Crippen molar-refractivity contribution in [2.24, 2.45) is 0 Å². The van der Waals surface area contributed by atoms with Crippen LogP contribution in [0, 0.1) is 0 Å². The molecule has 1 N–H and O–H groups in total. The number of piperazine rings is 1. The summed E-state index contributed by atoms with van der Waals surface area (Å²) in [6, 6.07) is 14.5. The fraction of sp³-hybridized carbons (Fsp3) is 0.316. The maximum Gasteiger partial charge on any atom is 0.335 e. The molecule has 2 aromatic carbocycles. The molecule has 1 aliphatic rings. The highest BCUT2D eigenvalue weighted by atomic mass is 35.5. The van der Waals surface area contributed by atoms with Gasteiger partial charge in [0.1, 0.15) is 12.4 Å².